The third-order valence-corrected chi connectivity index (χ3v) is 3.17. The number of pyridine rings is 1. The van der Waals surface area contributed by atoms with Gasteiger partial charge in [0.15, 0.2) is 0 Å². The van der Waals surface area contributed by atoms with Crippen LogP contribution < -0.4 is 10.5 Å². The van der Waals surface area contributed by atoms with Crippen LogP contribution in [0.25, 0.3) is 0 Å². The molecule has 6 heteroatoms. The standard InChI is InChI=1S/C15H17N5O/c1-3-7-19(2)13-8-15(21)20(18-10-13)11-12-5-4-6-17-14(12)9-16/h4-6,8,10H,3,7,11H2,1-2H3. The third kappa shape index (κ3) is 3.45. The highest BCUT2D eigenvalue weighted by Crippen LogP contribution is 2.09. The number of nitriles is 1. The summed E-state index contributed by atoms with van der Waals surface area (Å²) in [5.74, 6) is 0. The minimum Gasteiger partial charge on any atom is -0.373 e. The zero-order valence-electron chi connectivity index (χ0n) is 12.2. The maximum atomic E-state index is 12.1. The summed E-state index contributed by atoms with van der Waals surface area (Å²) in [6.45, 7) is 3.19. The van der Waals surface area contributed by atoms with E-state index in [9.17, 15) is 4.79 Å². The first-order valence-electron chi connectivity index (χ1n) is 6.78. The van der Waals surface area contributed by atoms with Gasteiger partial charge >= 0.3 is 0 Å². The Morgan fingerprint density at radius 3 is 2.95 bits per heavy atom. The van der Waals surface area contributed by atoms with Crippen LogP contribution in [0.4, 0.5) is 5.69 Å². The zero-order chi connectivity index (χ0) is 15.2. The molecule has 0 radical (unpaired) electrons. The van der Waals surface area contributed by atoms with Crippen molar-refractivity contribution in [2.75, 3.05) is 18.5 Å². The second-order valence-corrected chi connectivity index (χ2v) is 4.75. The van der Waals surface area contributed by atoms with Crippen molar-refractivity contribution < 1.29 is 0 Å². The van der Waals surface area contributed by atoms with Gasteiger partial charge in [-0.25, -0.2) is 9.67 Å². The van der Waals surface area contributed by atoms with Crippen LogP contribution in [0.3, 0.4) is 0 Å². The molecule has 0 N–H and O–H groups in total. The Morgan fingerprint density at radius 1 is 1.48 bits per heavy atom. The Hall–Kier alpha value is -2.68. The fourth-order valence-electron chi connectivity index (χ4n) is 2.04. The summed E-state index contributed by atoms with van der Waals surface area (Å²) in [7, 11) is 1.93. The molecule has 0 bridgehead atoms. The van der Waals surface area contributed by atoms with Crippen LogP contribution in [0.15, 0.2) is 35.4 Å². The van der Waals surface area contributed by atoms with Crippen molar-refractivity contribution in [2.24, 2.45) is 0 Å². The van der Waals surface area contributed by atoms with Crippen molar-refractivity contribution in [3.8, 4) is 6.07 Å². The molecular formula is C15H17N5O. The molecule has 0 spiro atoms. The second kappa shape index (κ2) is 6.66. The van der Waals surface area contributed by atoms with Gasteiger partial charge < -0.3 is 4.90 Å². The van der Waals surface area contributed by atoms with E-state index in [1.165, 1.54) is 4.68 Å². The van der Waals surface area contributed by atoms with Gasteiger partial charge in [0.1, 0.15) is 11.8 Å². The van der Waals surface area contributed by atoms with E-state index in [-0.39, 0.29) is 12.1 Å². The Kier molecular flexibility index (Phi) is 4.67. The fourth-order valence-corrected chi connectivity index (χ4v) is 2.04. The molecule has 108 valence electrons. The average Bonchev–Trinajstić information content (AvgIpc) is 2.50. The van der Waals surface area contributed by atoms with Crippen molar-refractivity contribution in [3.05, 3.63) is 52.2 Å². The van der Waals surface area contributed by atoms with Crippen LogP contribution in [-0.2, 0) is 6.54 Å². The quantitative estimate of drug-likeness (QED) is 0.829. The van der Waals surface area contributed by atoms with Crippen LogP contribution >= 0.6 is 0 Å². The largest absolute Gasteiger partial charge is 0.373 e. The number of aromatic nitrogens is 3. The molecule has 21 heavy (non-hydrogen) atoms. The predicted molar refractivity (Wildman–Crippen MR) is 80.1 cm³/mol. The molecule has 0 atom stereocenters. The van der Waals surface area contributed by atoms with E-state index in [2.05, 4.69) is 17.0 Å². The molecule has 0 aliphatic carbocycles. The van der Waals surface area contributed by atoms with Crippen molar-refractivity contribution in [1.29, 1.82) is 5.26 Å². The van der Waals surface area contributed by atoms with Gasteiger partial charge in [-0.3, -0.25) is 4.79 Å². The SMILES string of the molecule is CCCN(C)c1cnn(Cc2cccnc2C#N)c(=O)c1. The molecule has 0 amide bonds. The van der Waals surface area contributed by atoms with E-state index >= 15 is 0 Å². The third-order valence-electron chi connectivity index (χ3n) is 3.17. The first-order valence-corrected chi connectivity index (χ1v) is 6.78. The van der Waals surface area contributed by atoms with Crippen molar-refractivity contribution in [2.45, 2.75) is 19.9 Å². The molecule has 0 aliphatic heterocycles. The number of nitrogens with zero attached hydrogens (tertiary/aromatic N) is 5. The zero-order valence-corrected chi connectivity index (χ0v) is 12.2. The maximum Gasteiger partial charge on any atom is 0.269 e. The van der Waals surface area contributed by atoms with Crippen LogP contribution in [0.2, 0.25) is 0 Å². The maximum absolute atomic E-state index is 12.1. The summed E-state index contributed by atoms with van der Waals surface area (Å²) >= 11 is 0. The summed E-state index contributed by atoms with van der Waals surface area (Å²) in [5.41, 5.74) is 1.61. The van der Waals surface area contributed by atoms with Crippen LogP contribution in [-0.4, -0.2) is 28.4 Å². The second-order valence-electron chi connectivity index (χ2n) is 4.75. The molecule has 0 saturated heterocycles. The summed E-state index contributed by atoms with van der Waals surface area (Å²) in [5, 5.41) is 13.2. The van der Waals surface area contributed by atoms with Crippen molar-refractivity contribution in [1.82, 2.24) is 14.8 Å². The molecule has 0 saturated carbocycles. The molecule has 6 nitrogen and oxygen atoms in total. The highest BCUT2D eigenvalue weighted by Gasteiger charge is 2.07. The lowest BCUT2D eigenvalue weighted by Gasteiger charge is -2.17. The molecule has 2 aromatic heterocycles. The molecule has 0 aromatic carbocycles. The van der Waals surface area contributed by atoms with E-state index in [0.29, 0.717) is 11.3 Å². The van der Waals surface area contributed by atoms with Crippen LogP contribution in [0.1, 0.15) is 24.6 Å². The molecule has 0 fully saturated rings. The van der Waals surface area contributed by atoms with E-state index in [0.717, 1.165) is 18.7 Å². The molecule has 2 aromatic rings. The first kappa shape index (κ1) is 14.7. The lowest BCUT2D eigenvalue weighted by Crippen LogP contribution is -2.26. The summed E-state index contributed by atoms with van der Waals surface area (Å²) in [6, 6.07) is 7.09. The summed E-state index contributed by atoms with van der Waals surface area (Å²) < 4.78 is 1.33. The van der Waals surface area contributed by atoms with Crippen LogP contribution in [0, 0.1) is 11.3 Å². The fraction of sp³-hybridized carbons (Fsp3) is 0.333. The monoisotopic (exact) mass is 283 g/mol. The summed E-state index contributed by atoms with van der Waals surface area (Å²) in [6.07, 6.45) is 4.22. The highest BCUT2D eigenvalue weighted by atomic mass is 16.1. The number of anilines is 1. The van der Waals surface area contributed by atoms with E-state index in [4.69, 9.17) is 5.26 Å². The van der Waals surface area contributed by atoms with Gasteiger partial charge in [-0.05, 0) is 12.5 Å². The Labute approximate surface area is 123 Å². The first-order chi connectivity index (χ1) is 10.2. The molecular weight excluding hydrogens is 266 g/mol. The topological polar surface area (TPSA) is 74.8 Å². The predicted octanol–water partition coefficient (Wildman–Crippen LogP) is 1.40. The Morgan fingerprint density at radius 2 is 2.29 bits per heavy atom. The Bertz CT molecular complexity index is 716. The van der Waals surface area contributed by atoms with E-state index < -0.39 is 0 Å². The Balaban J connectivity index is 2.26. The van der Waals surface area contributed by atoms with Gasteiger partial charge in [0.05, 0.1) is 18.4 Å². The highest BCUT2D eigenvalue weighted by molar-refractivity contribution is 5.41. The lowest BCUT2D eigenvalue weighted by atomic mass is 10.2. The van der Waals surface area contributed by atoms with Crippen molar-refractivity contribution in [3.63, 3.8) is 0 Å². The number of hydrogen-bond donors (Lipinski definition) is 0. The number of hydrogen-bond acceptors (Lipinski definition) is 5. The van der Waals surface area contributed by atoms with Gasteiger partial charge in [-0.2, -0.15) is 10.4 Å². The van der Waals surface area contributed by atoms with Crippen molar-refractivity contribution >= 4 is 5.69 Å². The van der Waals surface area contributed by atoms with Gasteiger partial charge in [0.25, 0.3) is 5.56 Å². The molecule has 0 unspecified atom stereocenters. The van der Waals surface area contributed by atoms with Crippen LogP contribution in [0.5, 0.6) is 0 Å². The molecule has 0 aliphatic rings. The smallest absolute Gasteiger partial charge is 0.269 e. The van der Waals surface area contributed by atoms with Gasteiger partial charge in [0, 0.05) is 31.4 Å². The summed E-state index contributed by atoms with van der Waals surface area (Å²) in [4.78, 5) is 18.1. The van der Waals surface area contributed by atoms with Gasteiger partial charge in [-0.15, -0.1) is 0 Å². The van der Waals surface area contributed by atoms with Gasteiger partial charge in [-0.1, -0.05) is 13.0 Å². The van der Waals surface area contributed by atoms with E-state index in [1.807, 2.05) is 18.0 Å². The lowest BCUT2D eigenvalue weighted by molar-refractivity contribution is 0.634. The minimum atomic E-state index is -0.191. The number of rotatable bonds is 5. The van der Waals surface area contributed by atoms with Gasteiger partial charge in [0.2, 0.25) is 0 Å². The molecule has 2 heterocycles. The normalized spacial score (nSPS) is 10.1. The molecule has 2 rings (SSSR count). The van der Waals surface area contributed by atoms with E-state index in [1.54, 1.807) is 30.6 Å². The minimum absolute atomic E-state index is 0.191. The average molecular weight is 283 g/mol.